The van der Waals surface area contributed by atoms with Gasteiger partial charge in [0.05, 0.1) is 0 Å². The van der Waals surface area contributed by atoms with Crippen molar-refractivity contribution in [2.75, 3.05) is 32.2 Å². The first-order chi connectivity index (χ1) is 7.26. The van der Waals surface area contributed by atoms with E-state index in [0.29, 0.717) is 0 Å². The van der Waals surface area contributed by atoms with Gasteiger partial charge in [-0.15, -0.1) is 11.3 Å². The van der Waals surface area contributed by atoms with E-state index >= 15 is 0 Å². The largest absolute Gasteiger partial charge is 0.350 e. The standard InChI is InChI=1S/C10H18N2O2S/c1-5-12(6-2)10-11-8(7-15-10)9(13-3)14-4/h7,9H,5-6H2,1-4H3. The second-order valence-corrected chi connectivity index (χ2v) is 3.87. The predicted molar refractivity (Wildman–Crippen MR) is 62.4 cm³/mol. The van der Waals surface area contributed by atoms with E-state index < -0.39 is 0 Å². The van der Waals surface area contributed by atoms with Crippen molar-refractivity contribution in [1.82, 2.24) is 4.98 Å². The highest BCUT2D eigenvalue weighted by atomic mass is 32.1. The fraction of sp³-hybridized carbons (Fsp3) is 0.700. The smallest absolute Gasteiger partial charge is 0.201 e. The molecule has 4 nitrogen and oxygen atoms in total. The molecule has 0 saturated heterocycles. The third-order valence-electron chi connectivity index (χ3n) is 2.21. The molecule has 0 spiro atoms. The minimum atomic E-state index is -0.356. The van der Waals surface area contributed by atoms with Crippen LogP contribution in [0.3, 0.4) is 0 Å². The van der Waals surface area contributed by atoms with Crippen molar-refractivity contribution in [1.29, 1.82) is 0 Å². The van der Waals surface area contributed by atoms with E-state index in [2.05, 4.69) is 23.7 Å². The zero-order chi connectivity index (χ0) is 11.3. The number of anilines is 1. The van der Waals surface area contributed by atoms with Gasteiger partial charge >= 0.3 is 0 Å². The first kappa shape index (κ1) is 12.4. The Bertz CT molecular complexity index is 256. The summed E-state index contributed by atoms with van der Waals surface area (Å²) in [5.41, 5.74) is 0.840. The van der Waals surface area contributed by atoms with E-state index in [0.717, 1.165) is 23.9 Å². The van der Waals surface area contributed by atoms with Crippen LogP contribution in [0.25, 0.3) is 0 Å². The third kappa shape index (κ3) is 2.90. The Morgan fingerprint density at radius 2 is 1.93 bits per heavy atom. The van der Waals surface area contributed by atoms with Crippen molar-refractivity contribution in [3.63, 3.8) is 0 Å². The van der Waals surface area contributed by atoms with Gasteiger partial charge in [0.15, 0.2) is 5.13 Å². The molecule has 5 heteroatoms. The lowest BCUT2D eigenvalue weighted by molar-refractivity contribution is -0.108. The number of aromatic nitrogens is 1. The number of nitrogens with zero attached hydrogens (tertiary/aromatic N) is 2. The SMILES string of the molecule is CCN(CC)c1nc(C(OC)OC)cs1. The molecule has 0 unspecified atom stereocenters. The molecule has 0 aliphatic rings. The molecule has 0 radical (unpaired) electrons. The van der Waals surface area contributed by atoms with Crippen LogP contribution in [0, 0.1) is 0 Å². The molecular formula is C10H18N2O2S. The van der Waals surface area contributed by atoms with Gasteiger partial charge in [0, 0.05) is 32.7 Å². The van der Waals surface area contributed by atoms with Crippen LogP contribution in [0.2, 0.25) is 0 Å². The summed E-state index contributed by atoms with van der Waals surface area (Å²) in [7, 11) is 3.23. The Kier molecular flexibility index (Phi) is 5.01. The molecule has 0 amide bonds. The van der Waals surface area contributed by atoms with Gasteiger partial charge in [-0.1, -0.05) is 0 Å². The van der Waals surface area contributed by atoms with E-state index in [1.165, 1.54) is 0 Å². The quantitative estimate of drug-likeness (QED) is 0.702. The normalized spacial score (nSPS) is 11.0. The average molecular weight is 230 g/mol. The first-order valence-electron chi connectivity index (χ1n) is 5.02. The summed E-state index contributed by atoms with van der Waals surface area (Å²) in [5.74, 6) is 0. The third-order valence-corrected chi connectivity index (χ3v) is 3.13. The van der Waals surface area contributed by atoms with Gasteiger partial charge in [0.25, 0.3) is 0 Å². The molecule has 0 aliphatic heterocycles. The predicted octanol–water partition coefficient (Wildman–Crippen LogP) is 2.28. The lowest BCUT2D eigenvalue weighted by atomic mass is 10.5. The number of hydrogen-bond donors (Lipinski definition) is 0. The Balaban J connectivity index is 2.78. The summed E-state index contributed by atoms with van der Waals surface area (Å²) in [4.78, 5) is 6.69. The first-order valence-corrected chi connectivity index (χ1v) is 5.90. The molecule has 0 N–H and O–H groups in total. The van der Waals surface area contributed by atoms with Gasteiger partial charge in [-0.05, 0) is 13.8 Å². The fourth-order valence-electron chi connectivity index (χ4n) is 1.36. The lowest BCUT2D eigenvalue weighted by Crippen LogP contribution is -2.21. The summed E-state index contributed by atoms with van der Waals surface area (Å²) in [6.45, 7) is 6.17. The summed E-state index contributed by atoms with van der Waals surface area (Å²) in [6, 6.07) is 0. The Hall–Kier alpha value is -0.650. The Morgan fingerprint density at radius 3 is 2.40 bits per heavy atom. The number of thiazole rings is 1. The molecule has 0 aliphatic carbocycles. The number of methoxy groups -OCH3 is 2. The van der Waals surface area contributed by atoms with Gasteiger partial charge in [-0.2, -0.15) is 0 Å². The van der Waals surface area contributed by atoms with Gasteiger partial charge < -0.3 is 14.4 Å². The van der Waals surface area contributed by atoms with Crippen LogP contribution in [0.15, 0.2) is 5.38 Å². The highest BCUT2D eigenvalue weighted by Crippen LogP contribution is 2.25. The van der Waals surface area contributed by atoms with Crippen LogP contribution in [0.5, 0.6) is 0 Å². The maximum Gasteiger partial charge on any atom is 0.201 e. The van der Waals surface area contributed by atoms with Crippen LogP contribution in [-0.4, -0.2) is 32.3 Å². The molecule has 0 saturated carbocycles. The van der Waals surface area contributed by atoms with Gasteiger partial charge in [0.1, 0.15) is 5.69 Å². The van der Waals surface area contributed by atoms with Crippen molar-refractivity contribution in [2.24, 2.45) is 0 Å². The fourth-order valence-corrected chi connectivity index (χ4v) is 2.32. The van der Waals surface area contributed by atoms with E-state index in [1.807, 2.05) is 5.38 Å². The molecule has 0 bridgehead atoms. The molecule has 1 rings (SSSR count). The summed E-state index contributed by atoms with van der Waals surface area (Å²) in [5, 5.41) is 3.00. The van der Waals surface area contributed by atoms with E-state index in [1.54, 1.807) is 25.6 Å². The second kappa shape index (κ2) is 6.05. The summed E-state index contributed by atoms with van der Waals surface area (Å²) >= 11 is 1.62. The molecule has 1 heterocycles. The Labute approximate surface area is 94.8 Å². The number of ether oxygens (including phenoxy) is 2. The maximum absolute atomic E-state index is 5.15. The second-order valence-electron chi connectivity index (χ2n) is 3.03. The summed E-state index contributed by atoms with van der Waals surface area (Å²) < 4.78 is 10.3. The molecule has 0 fully saturated rings. The monoisotopic (exact) mass is 230 g/mol. The van der Waals surface area contributed by atoms with E-state index in [-0.39, 0.29) is 6.29 Å². The van der Waals surface area contributed by atoms with Crippen LogP contribution in [0.1, 0.15) is 25.8 Å². The molecule has 1 aromatic rings. The minimum Gasteiger partial charge on any atom is -0.350 e. The molecular weight excluding hydrogens is 212 g/mol. The van der Waals surface area contributed by atoms with Crippen molar-refractivity contribution in [3.8, 4) is 0 Å². The van der Waals surface area contributed by atoms with Crippen molar-refractivity contribution >= 4 is 16.5 Å². The molecule has 1 aromatic heterocycles. The number of hydrogen-bond acceptors (Lipinski definition) is 5. The van der Waals surface area contributed by atoms with E-state index in [4.69, 9.17) is 9.47 Å². The van der Waals surface area contributed by atoms with Crippen molar-refractivity contribution in [3.05, 3.63) is 11.1 Å². The van der Waals surface area contributed by atoms with Crippen molar-refractivity contribution in [2.45, 2.75) is 20.1 Å². The van der Waals surface area contributed by atoms with Crippen LogP contribution in [-0.2, 0) is 9.47 Å². The maximum atomic E-state index is 5.15. The molecule has 15 heavy (non-hydrogen) atoms. The Morgan fingerprint density at radius 1 is 1.33 bits per heavy atom. The van der Waals surface area contributed by atoms with Crippen LogP contribution >= 0.6 is 11.3 Å². The zero-order valence-electron chi connectivity index (χ0n) is 9.69. The summed E-state index contributed by atoms with van der Waals surface area (Å²) in [6.07, 6.45) is -0.356. The number of rotatable bonds is 6. The zero-order valence-corrected chi connectivity index (χ0v) is 10.5. The topological polar surface area (TPSA) is 34.6 Å². The minimum absolute atomic E-state index is 0.356. The molecule has 0 aromatic carbocycles. The van der Waals surface area contributed by atoms with E-state index in [9.17, 15) is 0 Å². The average Bonchev–Trinajstić information content (AvgIpc) is 2.71. The highest BCUT2D eigenvalue weighted by molar-refractivity contribution is 7.13. The van der Waals surface area contributed by atoms with Gasteiger partial charge in [-0.3, -0.25) is 0 Å². The van der Waals surface area contributed by atoms with Crippen molar-refractivity contribution < 1.29 is 9.47 Å². The highest BCUT2D eigenvalue weighted by Gasteiger charge is 2.15. The van der Waals surface area contributed by atoms with Crippen LogP contribution < -0.4 is 4.90 Å². The lowest BCUT2D eigenvalue weighted by Gasteiger charge is -2.16. The van der Waals surface area contributed by atoms with Gasteiger partial charge in [0.2, 0.25) is 6.29 Å². The van der Waals surface area contributed by atoms with Crippen LogP contribution in [0.4, 0.5) is 5.13 Å². The molecule has 86 valence electrons. The molecule has 0 atom stereocenters. The van der Waals surface area contributed by atoms with Gasteiger partial charge in [-0.25, -0.2) is 4.98 Å².